The van der Waals surface area contributed by atoms with Gasteiger partial charge in [-0.1, -0.05) is 47.6 Å². The lowest BCUT2D eigenvalue weighted by Crippen LogP contribution is -2.35. The molecule has 4 nitrogen and oxygen atoms in total. The van der Waals surface area contributed by atoms with Gasteiger partial charge in [-0.05, 0) is 49.3 Å². The Morgan fingerprint density at radius 3 is 2.60 bits per heavy atom. The molecule has 5 heteroatoms. The van der Waals surface area contributed by atoms with E-state index in [1.54, 1.807) is 18.0 Å². The number of oxime groups is 1. The molecule has 1 atom stereocenters. The highest BCUT2D eigenvalue weighted by molar-refractivity contribution is 7.98. The lowest BCUT2D eigenvalue weighted by molar-refractivity contribution is -0.126. The summed E-state index contributed by atoms with van der Waals surface area (Å²) in [6.07, 6.45) is 5.47. The zero-order valence-electron chi connectivity index (χ0n) is 14.6. The van der Waals surface area contributed by atoms with E-state index in [2.05, 4.69) is 22.6 Å². The van der Waals surface area contributed by atoms with Crippen molar-refractivity contribution >= 4 is 23.9 Å². The van der Waals surface area contributed by atoms with Gasteiger partial charge in [-0.2, -0.15) is 0 Å². The number of benzene rings is 2. The highest BCUT2D eigenvalue weighted by atomic mass is 32.2. The average Bonchev–Trinajstić information content (AvgIpc) is 2.65. The lowest BCUT2D eigenvalue weighted by Gasteiger charge is -2.13. The van der Waals surface area contributed by atoms with E-state index in [-0.39, 0.29) is 18.6 Å². The largest absolute Gasteiger partial charge is 0.386 e. The van der Waals surface area contributed by atoms with E-state index < -0.39 is 0 Å². The molecule has 1 N–H and O–H groups in total. The molecule has 0 radical (unpaired) electrons. The quantitative estimate of drug-likeness (QED) is 0.421. The van der Waals surface area contributed by atoms with Gasteiger partial charge in [0, 0.05) is 10.9 Å². The fourth-order valence-electron chi connectivity index (χ4n) is 2.30. The summed E-state index contributed by atoms with van der Waals surface area (Å²) < 4.78 is 0. The minimum atomic E-state index is -0.157. The van der Waals surface area contributed by atoms with Crippen LogP contribution in [-0.4, -0.2) is 31.0 Å². The highest BCUT2D eigenvalue weighted by Crippen LogP contribution is 2.13. The Labute approximate surface area is 153 Å². The van der Waals surface area contributed by atoms with Crippen molar-refractivity contribution in [1.82, 2.24) is 5.32 Å². The molecule has 0 aromatic heterocycles. The summed E-state index contributed by atoms with van der Waals surface area (Å²) in [7, 11) is 0. The van der Waals surface area contributed by atoms with Crippen LogP contribution < -0.4 is 5.32 Å². The molecule has 0 spiro atoms. The van der Waals surface area contributed by atoms with E-state index in [1.807, 2.05) is 55.6 Å². The summed E-state index contributed by atoms with van der Waals surface area (Å²) in [6.45, 7) is 1.92. The standard InChI is InChI=1S/C20H24N2O2S/c1-16(8-9-17-6-4-3-5-7-17)22-20(23)15-24-21-14-18-10-12-19(25-2)13-11-18/h3-7,10-14,16H,8-9,15H2,1-2H3,(H,22,23)/b21-14+. The minimum absolute atomic E-state index is 0.0743. The summed E-state index contributed by atoms with van der Waals surface area (Å²) >= 11 is 1.69. The van der Waals surface area contributed by atoms with Crippen molar-refractivity contribution in [3.05, 3.63) is 65.7 Å². The van der Waals surface area contributed by atoms with Crippen LogP contribution in [0, 0.1) is 0 Å². The fourth-order valence-corrected chi connectivity index (χ4v) is 2.71. The number of hydrogen-bond acceptors (Lipinski definition) is 4. The number of aryl methyl sites for hydroxylation is 1. The van der Waals surface area contributed by atoms with Crippen molar-refractivity contribution < 1.29 is 9.63 Å². The predicted molar refractivity (Wildman–Crippen MR) is 104 cm³/mol. The van der Waals surface area contributed by atoms with Crippen LogP contribution in [0.25, 0.3) is 0 Å². The molecule has 2 aromatic carbocycles. The van der Waals surface area contributed by atoms with Crippen LogP contribution in [0.2, 0.25) is 0 Å². The first kappa shape index (κ1) is 19.1. The fraction of sp³-hybridized carbons (Fsp3) is 0.300. The van der Waals surface area contributed by atoms with E-state index in [0.717, 1.165) is 18.4 Å². The Balaban J connectivity index is 1.64. The molecule has 0 heterocycles. The molecule has 0 saturated carbocycles. The Morgan fingerprint density at radius 2 is 1.92 bits per heavy atom. The topological polar surface area (TPSA) is 50.7 Å². The van der Waals surface area contributed by atoms with Crippen LogP contribution in [0.4, 0.5) is 0 Å². The van der Waals surface area contributed by atoms with Gasteiger partial charge in [0.15, 0.2) is 6.61 Å². The van der Waals surface area contributed by atoms with Crippen molar-refractivity contribution in [2.75, 3.05) is 12.9 Å². The first-order chi connectivity index (χ1) is 12.2. The van der Waals surface area contributed by atoms with Gasteiger partial charge in [0.1, 0.15) is 0 Å². The maximum atomic E-state index is 11.8. The highest BCUT2D eigenvalue weighted by Gasteiger charge is 2.07. The number of carbonyl (C=O) groups is 1. The number of nitrogens with zero attached hydrogens (tertiary/aromatic N) is 1. The molecule has 2 rings (SSSR count). The summed E-state index contributed by atoms with van der Waals surface area (Å²) in [5, 5.41) is 6.77. The second-order valence-electron chi connectivity index (χ2n) is 5.77. The summed E-state index contributed by atoms with van der Waals surface area (Å²) in [5.41, 5.74) is 2.21. The van der Waals surface area contributed by atoms with Gasteiger partial charge in [0.25, 0.3) is 5.91 Å². The number of amides is 1. The van der Waals surface area contributed by atoms with Crippen molar-refractivity contribution in [3.8, 4) is 0 Å². The molecular formula is C20H24N2O2S. The number of carbonyl (C=O) groups excluding carboxylic acids is 1. The number of rotatable bonds is 9. The number of thioether (sulfide) groups is 1. The average molecular weight is 356 g/mol. The van der Waals surface area contributed by atoms with E-state index in [1.165, 1.54) is 10.5 Å². The van der Waals surface area contributed by atoms with Crippen LogP contribution in [-0.2, 0) is 16.1 Å². The second kappa shape index (κ2) is 10.6. The van der Waals surface area contributed by atoms with Gasteiger partial charge in [0.2, 0.25) is 0 Å². The third-order valence-corrected chi connectivity index (χ3v) is 4.45. The summed E-state index contributed by atoms with van der Waals surface area (Å²) in [6, 6.07) is 18.3. The SMILES string of the molecule is CSc1ccc(/C=N/OCC(=O)NC(C)CCc2ccccc2)cc1. The van der Waals surface area contributed by atoms with E-state index >= 15 is 0 Å². The van der Waals surface area contributed by atoms with Crippen LogP contribution in [0.1, 0.15) is 24.5 Å². The minimum Gasteiger partial charge on any atom is -0.386 e. The molecule has 0 aliphatic rings. The third-order valence-electron chi connectivity index (χ3n) is 3.70. The van der Waals surface area contributed by atoms with E-state index in [9.17, 15) is 4.79 Å². The second-order valence-corrected chi connectivity index (χ2v) is 6.65. The Morgan fingerprint density at radius 1 is 1.20 bits per heavy atom. The molecule has 0 aliphatic heterocycles. The molecule has 132 valence electrons. The summed E-state index contributed by atoms with van der Waals surface area (Å²) in [4.78, 5) is 18.1. The maximum absolute atomic E-state index is 11.8. The molecule has 25 heavy (non-hydrogen) atoms. The zero-order chi connectivity index (χ0) is 17.9. The van der Waals surface area contributed by atoms with Crippen LogP contribution >= 0.6 is 11.8 Å². The lowest BCUT2D eigenvalue weighted by atomic mass is 10.1. The first-order valence-corrected chi connectivity index (χ1v) is 9.52. The van der Waals surface area contributed by atoms with Crippen molar-refractivity contribution in [2.24, 2.45) is 5.16 Å². The van der Waals surface area contributed by atoms with E-state index in [4.69, 9.17) is 4.84 Å². The molecule has 1 unspecified atom stereocenters. The smallest absolute Gasteiger partial charge is 0.260 e. The van der Waals surface area contributed by atoms with Crippen molar-refractivity contribution in [1.29, 1.82) is 0 Å². The zero-order valence-corrected chi connectivity index (χ0v) is 15.5. The Hall–Kier alpha value is -2.27. The maximum Gasteiger partial charge on any atom is 0.260 e. The van der Waals surface area contributed by atoms with E-state index in [0.29, 0.717) is 0 Å². The monoisotopic (exact) mass is 356 g/mol. The number of nitrogens with one attached hydrogen (secondary N) is 1. The Bertz CT molecular complexity index is 672. The van der Waals surface area contributed by atoms with Crippen LogP contribution in [0.3, 0.4) is 0 Å². The van der Waals surface area contributed by atoms with Crippen LogP contribution in [0.15, 0.2) is 64.6 Å². The van der Waals surface area contributed by atoms with Gasteiger partial charge >= 0.3 is 0 Å². The van der Waals surface area contributed by atoms with Crippen molar-refractivity contribution in [2.45, 2.75) is 30.7 Å². The molecular weight excluding hydrogens is 332 g/mol. The third kappa shape index (κ3) is 7.44. The van der Waals surface area contributed by atoms with Gasteiger partial charge in [0.05, 0.1) is 6.21 Å². The molecule has 0 bridgehead atoms. The molecule has 2 aromatic rings. The molecule has 0 saturated heterocycles. The molecule has 0 fully saturated rings. The molecule has 0 aliphatic carbocycles. The predicted octanol–water partition coefficient (Wildman–Crippen LogP) is 3.90. The summed E-state index contributed by atoms with van der Waals surface area (Å²) in [5.74, 6) is -0.157. The Kier molecular flexibility index (Phi) is 8.05. The first-order valence-electron chi connectivity index (χ1n) is 8.30. The van der Waals surface area contributed by atoms with Gasteiger partial charge in [-0.3, -0.25) is 4.79 Å². The van der Waals surface area contributed by atoms with Crippen LogP contribution in [0.5, 0.6) is 0 Å². The van der Waals surface area contributed by atoms with Gasteiger partial charge < -0.3 is 10.2 Å². The normalized spacial score (nSPS) is 12.1. The van der Waals surface area contributed by atoms with Gasteiger partial charge in [-0.25, -0.2) is 0 Å². The van der Waals surface area contributed by atoms with Gasteiger partial charge in [-0.15, -0.1) is 11.8 Å². The molecule has 1 amide bonds. The van der Waals surface area contributed by atoms with Crippen molar-refractivity contribution in [3.63, 3.8) is 0 Å². The number of hydrogen-bond donors (Lipinski definition) is 1.